The number of carbonyl (C=O) groups excluding carboxylic acids is 3. The van der Waals surface area contributed by atoms with Crippen LogP contribution >= 0.6 is 0 Å². The highest BCUT2D eigenvalue weighted by molar-refractivity contribution is 5.71. The summed E-state index contributed by atoms with van der Waals surface area (Å²) in [7, 11) is 0. The monoisotopic (exact) mass is 1100 g/mol. The topological polar surface area (TPSA) is 78.9 Å². The molecule has 1 unspecified atom stereocenters. The fourth-order valence-corrected chi connectivity index (χ4v) is 11.2. The largest absolute Gasteiger partial charge is 0.462 e. The van der Waals surface area contributed by atoms with Crippen LogP contribution in [0.3, 0.4) is 0 Å². The third kappa shape index (κ3) is 65.0. The van der Waals surface area contributed by atoms with Crippen molar-refractivity contribution in [3.8, 4) is 0 Å². The Labute approximate surface area is 488 Å². The van der Waals surface area contributed by atoms with E-state index in [1.807, 2.05) is 0 Å². The van der Waals surface area contributed by atoms with Crippen LogP contribution in [0.2, 0.25) is 0 Å². The molecular weight excluding hydrogens is 961 g/mol. The van der Waals surface area contributed by atoms with Crippen molar-refractivity contribution in [2.24, 2.45) is 0 Å². The van der Waals surface area contributed by atoms with Crippen LogP contribution in [-0.4, -0.2) is 37.2 Å². The smallest absolute Gasteiger partial charge is 0.306 e. The molecule has 0 aromatic heterocycles. The molecule has 0 heterocycles. The van der Waals surface area contributed by atoms with Crippen LogP contribution < -0.4 is 0 Å². The molecule has 78 heavy (non-hydrogen) atoms. The minimum atomic E-state index is -0.765. The van der Waals surface area contributed by atoms with Crippen LogP contribution in [0.4, 0.5) is 0 Å². The van der Waals surface area contributed by atoms with Crippen molar-refractivity contribution in [1.29, 1.82) is 0 Å². The highest BCUT2D eigenvalue weighted by Gasteiger charge is 2.19. The Morgan fingerprint density at radius 1 is 0.244 bits per heavy atom. The normalized spacial score (nSPS) is 12.0. The first-order chi connectivity index (χ1) is 38.5. The second kappa shape index (κ2) is 67.7. The Morgan fingerprint density at radius 2 is 0.423 bits per heavy atom. The molecule has 0 rings (SSSR count). The quantitative estimate of drug-likeness (QED) is 0.0261. The van der Waals surface area contributed by atoms with Gasteiger partial charge in [0.2, 0.25) is 0 Å². The van der Waals surface area contributed by atoms with Gasteiger partial charge < -0.3 is 14.2 Å². The maximum Gasteiger partial charge on any atom is 0.306 e. The molecule has 0 N–H and O–H groups in total. The second-order valence-electron chi connectivity index (χ2n) is 24.5. The number of hydrogen-bond donors (Lipinski definition) is 0. The Bertz CT molecular complexity index is 1210. The predicted molar refractivity (Wildman–Crippen MR) is 340 cm³/mol. The first-order valence-corrected chi connectivity index (χ1v) is 35.7. The van der Waals surface area contributed by atoms with E-state index in [0.29, 0.717) is 19.3 Å². The highest BCUT2D eigenvalue weighted by Crippen LogP contribution is 2.19. The van der Waals surface area contributed by atoms with E-state index in [1.165, 1.54) is 308 Å². The Balaban J connectivity index is 3.85. The number of hydrogen-bond acceptors (Lipinski definition) is 6. The molecule has 0 saturated carbocycles. The van der Waals surface area contributed by atoms with Gasteiger partial charge in [-0.2, -0.15) is 0 Å². The van der Waals surface area contributed by atoms with Gasteiger partial charge in [0.1, 0.15) is 13.2 Å². The van der Waals surface area contributed by atoms with Crippen LogP contribution in [0, 0.1) is 0 Å². The van der Waals surface area contributed by atoms with Crippen LogP contribution in [-0.2, 0) is 28.6 Å². The summed E-state index contributed by atoms with van der Waals surface area (Å²) in [5.74, 6) is -0.854. The summed E-state index contributed by atoms with van der Waals surface area (Å²) < 4.78 is 16.8. The van der Waals surface area contributed by atoms with E-state index in [4.69, 9.17) is 14.2 Å². The van der Waals surface area contributed by atoms with Crippen molar-refractivity contribution in [3.05, 3.63) is 12.2 Å². The average molecular weight is 1100 g/mol. The van der Waals surface area contributed by atoms with E-state index in [9.17, 15) is 14.4 Å². The van der Waals surface area contributed by atoms with E-state index in [-0.39, 0.29) is 31.1 Å². The van der Waals surface area contributed by atoms with Crippen molar-refractivity contribution in [2.75, 3.05) is 13.2 Å². The lowest BCUT2D eigenvalue weighted by molar-refractivity contribution is -0.167. The molecule has 0 aliphatic heterocycles. The molecule has 0 aliphatic rings. The Kier molecular flexibility index (Phi) is 66.0. The number of carbonyl (C=O) groups is 3. The number of unbranched alkanes of at least 4 members (excludes halogenated alkanes) is 54. The first kappa shape index (κ1) is 76.1. The number of esters is 3. The summed E-state index contributed by atoms with van der Waals surface area (Å²) in [6.45, 7) is 6.63. The van der Waals surface area contributed by atoms with Gasteiger partial charge >= 0.3 is 17.9 Å². The number of rotatable bonds is 67. The molecule has 0 bridgehead atoms. The molecule has 0 fully saturated rings. The molecule has 0 amide bonds. The molecule has 0 aromatic rings. The molecule has 462 valence electrons. The molecule has 0 spiro atoms. The van der Waals surface area contributed by atoms with Crippen LogP contribution in [0.5, 0.6) is 0 Å². The fourth-order valence-electron chi connectivity index (χ4n) is 11.2. The minimum Gasteiger partial charge on any atom is -0.462 e. The van der Waals surface area contributed by atoms with Crippen LogP contribution in [0.1, 0.15) is 412 Å². The zero-order chi connectivity index (χ0) is 56.4. The molecule has 0 radical (unpaired) electrons. The fraction of sp³-hybridized carbons (Fsp3) is 0.931. The third-order valence-electron chi connectivity index (χ3n) is 16.5. The van der Waals surface area contributed by atoms with Gasteiger partial charge in [0.25, 0.3) is 0 Å². The lowest BCUT2D eigenvalue weighted by Crippen LogP contribution is -2.30. The molecular formula is C72H138O6. The molecule has 6 nitrogen and oxygen atoms in total. The van der Waals surface area contributed by atoms with Gasteiger partial charge in [-0.05, 0) is 44.9 Å². The van der Waals surface area contributed by atoms with Gasteiger partial charge in [-0.25, -0.2) is 0 Å². The van der Waals surface area contributed by atoms with Gasteiger partial charge in [-0.1, -0.05) is 360 Å². The number of ether oxygens (including phenoxy) is 3. The predicted octanol–water partition coefficient (Wildman–Crippen LogP) is 24.4. The van der Waals surface area contributed by atoms with Crippen LogP contribution in [0.15, 0.2) is 12.2 Å². The molecule has 0 saturated heterocycles. The van der Waals surface area contributed by atoms with Crippen LogP contribution in [0.25, 0.3) is 0 Å². The van der Waals surface area contributed by atoms with E-state index >= 15 is 0 Å². The van der Waals surface area contributed by atoms with Gasteiger partial charge in [-0.3, -0.25) is 14.4 Å². The van der Waals surface area contributed by atoms with Gasteiger partial charge in [0.05, 0.1) is 0 Å². The van der Waals surface area contributed by atoms with E-state index in [1.54, 1.807) is 0 Å². The lowest BCUT2D eigenvalue weighted by atomic mass is 10.0. The van der Waals surface area contributed by atoms with Crippen molar-refractivity contribution in [1.82, 2.24) is 0 Å². The van der Waals surface area contributed by atoms with Crippen molar-refractivity contribution in [2.45, 2.75) is 419 Å². The zero-order valence-corrected chi connectivity index (χ0v) is 53.2. The maximum atomic E-state index is 12.8. The van der Waals surface area contributed by atoms with Gasteiger partial charge in [0, 0.05) is 19.3 Å². The summed E-state index contributed by atoms with van der Waals surface area (Å²) >= 11 is 0. The number of allylic oxidation sites excluding steroid dienone is 2. The summed E-state index contributed by atoms with van der Waals surface area (Å²) in [6.07, 6.45) is 81.8. The SMILES string of the molecule is CCCCCCCCCC/C=C\CCCCCCCCCCCC(=O)OC(COC(=O)CCCCCCC)COC(=O)CCCCCCCCCCCCCCCCCCCCCCCCCCCCCCCCCCCC. The summed E-state index contributed by atoms with van der Waals surface area (Å²) in [5.41, 5.74) is 0. The molecule has 0 aromatic carbocycles. The summed E-state index contributed by atoms with van der Waals surface area (Å²) in [4.78, 5) is 38.0. The third-order valence-corrected chi connectivity index (χ3v) is 16.5. The minimum absolute atomic E-state index is 0.0659. The lowest BCUT2D eigenvalue weighted by Gasteiger charge is -2.18. The molecule has 6 heteroatoms. The first-order valence-electron chi connectivity index (χ1n) is 35.7. The van der Waals surface area contributed by atoms with E-state index in [2.05, 4.69) is 32.9 Å². The standard InChI is InChI=1S/C72H138O6/c1-4-7-10-13-15-17-19-21-23-25-27-29-30-31-32-33-34-35-36-37-38-39-40-41-43-44-46-48-50-52-54-56-59-62-65-71(74)77-68-69(67-76-70(73)64-61-58-12-9-6-3)78-72(75)66-63-60-57-55-53-51-49-47-45-42-28-26-24-22-20-18-16-14-11-8-5-2/h26,28,69H,4-25,27,29-68H2,1-3H3/b28-26-. The average Bonchev–Trinajstić information content (AvgIpc) is 3.44. The van der Waals surface area contributed by atoms with Crippen molar-refractivity contribution < 1.29 is 28.6 Å². The van der Waals surface area contributed by atoms with Gasteiger partial charge in [-0.15, -0.1) is 0 Å². The van der Waals surface area contributed by atoms with Crippen molar-refractivity contribution >= 4 is 17.9 Å². The summed E-state index contributed by atoms with van der Waals surface area (Å²) in [6, 6.07) is 0. The zero-order valence-electron chi connectivity index (χ0n) is 53.2. The Morgan fingerprint density at radius 3 is 0.641 bits per heavy atom. The van der Waals surface area contributed by atoms with E-state index < -0.39 is 6.10 Å². The Hall–Kier alpha value is -1.85. The maximum absolute atomic E-state index is 12.8. The second-order valence-corrected chi connectivity index (χ2v) is 24.5. The molecule has 0 aliphatic carbocycles. The highest BCUT2D eigenvalue weighted by atomic mass is 16.6. The van der Waals surface area contributed by atoms with Crippen molar-refractivity contribution in [3.63, 3.8) is 0 Å². The van der Waals surface area contributed by atoms with Gasteiger partial charge in [0.15, 0.2) is 6.10 Å². The summed E-state index contributed by atoms with van der Waals surface area (Å²) in [5, 5.41) is 0. The van der Waals surface area contributed by atoms with E-state index in [0.717, 1.165) is 64.2 Å². The molecule has 1 atom stereocenters.